The van der Waals surface area contributed by atoms with E-state index in [1.54, 1.807) is 6.08 Å². The molecule has 0 spiro atoms. The number of nitrogens with zero attached hydrogens (tertiary/aromatic N) is 1. The summed E-state index contributed by atoms with van der Waals surface area (Å²) in [5.74, 6) is -0.872. The van der Waals surface area contributed by atoms with Crippen molar-refractivity contribution in [3.8, 4) is 11.1 Å². The fourth-order valence-corrected chi connectivity index (χ4v) is 4.56. The summed E-state index contributed by atoms with van der Waals surface area (Å²) in [6.45, 7) is 4.30. The molecule has 3 N–H and O–H groups in total. The van der Waals surface area contributed by atoms with Crippen molar-refractivity contribution in [3.63, 3.8) is 0 Å². The Balaban J connectivity index is 1.92. The van der Waals surface area contributed by atoms with Gasteiger partial charge in [0.25, 0.3) is 0 Å². The van der Waals surface area contributed by atoms with Crippen LogP contribution in [0.4, 0.5) is 0 Å². The summed E-state index contributed by atoms with van der Waals surface area (Å²) in [6, 6.07) is 20.6. The van der Waals surface area contributed by atoms with Crippen molar-refractivity contribution in [1.29, 1.82) is 0 Å². The Labute approximate surface area is 193 Å². The number of fused-ring (bicyclic) bond motifs is 3. The zero-order valence-electron chi connectivity index (χ0n) is 18.8. The van der Waals surface area contributed by atoms with Crippen molar-refractivity contribution in [2.24, 2.45) is 0 Å². The van der Waals surface area contributed by atoms with E-state index in [-0.39, 0.29) is 18.8 Å². The van der Waals surface area contributed by atoms with Crippen LogP contribution in [0.1, 0.15) is 43.9 Å². The van der Waals surface area contributed by atoms with Gasteiger partial charge in [0.2, 0.25) is 0 Å². The van der Waals surface area contributed by atoms with Gasteiger partial charge in [0.1, 0.15) is 0 Å². The van der Waals surface area contributed by atoms with E-state index < -0.39 is 18.2 Å². The lowest BCUT2D eigenvalue weighted by Crippen LogP contribution is -2.19. The molecule has 0 aliphatic heterocycles. The number of carbonyl (C=O) groups is 1. The molecule has 0 aliphatic carbocycles. The summed E-state index contributed by atoms with van der Waals surface area (Å²) >= 11 is 0. The van der Waals surface area contributed by atoms with E-state index in [1.165, 1.54) is 0 Å². The fourth-order valence-electron chi connectivity index (χ4n) is 4.56. The Morgan fingerprint density at radius 1 is 1.00 bits per heavy atom. The molecule has 2 aromatic carbocycles. The largest absolute Gasteiger partial charge is 0.481 e. The summed E-state index contributed by atoms with van der Waals surface area (Å²) in [5.41, 5.74) is 5.43. The van der Waals surface area contributed by atoms with Crippen LogP contribution in [0, 0.1) is 0 Å². The minimum atomic E-state index is -1.10. The van der Waals surface area contributed by atoms with Gasteiger partial charge in [-0.05, 0) is 22.9 Å². The monoisotopic (exact) mass is 443 g/mol. The van der Waals surface area contributed by atoms with E-state index in [9.17, 15) is 15.0 Å². The molecular formula is C28H29NO4. The lowest BCUT2D eigenvalue weighted by molar-refractivity contribution is -0.139. The Hall–Kier alpha value is -3.41. The number of aliphatic hydroxyl groups is 2. The first-order valence-corrected chi connectivity index (χ1v) is 11.2. The highest BCUT2D eigenvalue weighted by atomic mass is 16.4. The number of aliphatic carboxylic acids is 1. The normalized spacial score (nSPS) is 13.8. The molecule has 0 radical (unpaired) electrons. The van der Waals surface area contributed by atoms with Crippen molar-refractivity contribution in [1.82, 2.24) is 4.40 Å². The maximum absolute atomic E-state index is 10.8. The molecule has 33 heavy (non-hydrogen) atoms. The summed E-state index contributed by atoms with van der Waals surface area (Å²) < 4.78 is 2.24. The number of aliphatic hydroxyl groups excluding tert-OH is 2. The van der Waals surface area contributed by atoms with Gasteiger partial charge in [0, 0.05) is 34.8 Å². The molecule has 0 aliphatic rings. The highest BCUT2D eigenvalue weighted by Gasteiger charge is 2.22. The third-order valence-corrected chi connectivity index (χ3v) is 5.92. The molecule has 170 valence electrons. The van der Waals surface area contributed by atoms with E-state index in [4.69, 9.17) is 5.11 Å². The van der Waals surface area contributed by atoms with Gasteiger partial charge in [-0.3, -0.25) is 4.79 Å². The van der Waals surface area contributed by atoms with Crippen molar-refractivity contribution in [2.45, 2.75) is 44.8 Å². The number of aromatic nitrogens is 1. The third-order valence-electron chi connectivity index (χ3n) is 5.92. The molecule has 0 bridgehead atoms. The van der Waals surface area contributed by atoms with Crippen LogP contribution in [0.5, 0.6) is 0 Å². The highest BCUT2D eigenvalue weighted by molar-refractivity contribution is 6.06. The second-order valence-corrected chi connectivity index (χ2v) is 8.73. The number of carboxylic acids is 1. The van der Waals surface area contributed by atoms with Gasteiger partial charge in [-0.15, -0.1) is 0 Å². The van der Waals surface area contributed by atoms with E-state index in [1.807, 2.05) is 36.4 Å². The van der Waals surface area contributed by atoms with Gasteiger partial charge in [0.15, 0.2) is 0 Å². The molecule has 0 saturated heterocycles. The zero-order chi connectivity index (χ0) is 23.5. The summed E-state index contributed by atoms with van der Waals surface area (Å²) in [5, 5.41) is 31.6. The Morgan fingerprint density at radius 3 is 2.39 bits per heavy atom. The summed E-state index contributed by atoms with van der Waals surface area (Å²) in [6.07, 6.45) is 3.19. The standard InChI is InChI=1S/C28H29NO4/c1-18(2)27-24(13-12-21(30)16-22(31)17-25(32)33)26(20-9-4-3-5-10-20)28-23-11-7-6-8-19(23)14-15-29(27)28/h3-15,18,21-22,30-31H,16-17H2,1-2H3,(H,32,33). The van der Waals surface area contributed by atoms with Crippen LogP contribution in [0.2, 0.25) is 0 Å². The molecule has 0 saturated carbocycles. The molecular weight excluding hydrogens is 414 g/mol. The van der Waals surface area contributed by atoms with Gasteiger partial charge in [-0.25, -0.2) is 0 Å². The Morgan fingerprint density at radius 2 is 1.70 bits per heavy atom. The molecule has 0 fully saturated rings. The van der Waals surface area contributed by atoms with E-state index >= 15 is 0 Å². The van der Waals surface area contributed by atoms with Crippen LogP contribution < -0.4 is 0 Å². The van der Waals surface area contributed by atoms with E-state index in [0.717, 1.165) is 38.7 Å². The van der Waals surface area contributed by atoms with Crippen LogP contribution in [-0.2, 0) is 4.79 Å². The number of benzene rings is 2. The molecule has 2 aromatic heterocycles. The summed E-state index contributed by atoms with van der Waals surface area (Å²) in [7, 11) is 0. The maximum atomic E-state index is 10.8. The van der Waals surface area contributed by atoms with Crippen LogP contribution >= 0.6 is 0 Å². The minimum absolute atomic E-state index is 0.0310. The van der Waals surface area contributed by atoms with Crippen LogP contribution in [-0.4, -0.2) is 37.9 Å². The molecule has 5 nitrogen and oxygen atoms in total. The van der Waals surface area contributed by atoms with Gasteiger partial charge in [-0.2, -0.15) is 0 Å². The average Bonchev–Trinajstić information content (AvgIpc) is 3.12. The molecule has 4 aromatic rings. The molecule has 0 amide bonds. The molecule has 2 heterocycles. The van der Waals surface area contributed by atoms with Crippen molar-refractivity contribution >= 4 is 28.3 Å². The Kier molecular flexibility index (Phi) is 6.63. The first-order chi connectivity index (χ1) is 15.9. The number of carboxylic acid groups (broad SMARTS) is 1. The van der Waals surface area contributed by atoms with Gasteiger partial charge in [-0.1, -0.05) is 80.6 Å². The second kappa shape index (κ2) is 9.61. The lowest BCUT2D eigenvalue weighted by atomic mass is 9.95. The van der Waals surface area contributed by atoms with Crippen molar-refractivity contribution in [2.75, 3.05) is 0 Å². The molecule has 4 rings (SSSR count). The average molecular weight is 444 g/mol. The van der Waals surface area contributed by atoms with Gasteiger partial charge in [0.05, 0.1) is 24.1 Å². The fraction of sp³-hybridized carbons (Fsp3) is 0.250. The minimum Gasteiger partial charge on any atom is -0.481 e. The first kappa shape index (κ1) is 22.8. The predicted molar refractivity (Wildman–Crippen MR) is 132 cm³/mol. The van der Waals surface area contributed by atoms with Crippen LogP contribution in [0.15, 0.2) is 72.9 Å². The number of hydrogen-bond acceptors (Lipinski definition) is 3. The molecule has 2 unspecified atom stereocenters. The van der Waals surface area contributed by atoms with E-state index in [0.29, 0.717) is 0 Å². The van der Waals surface area contributed by atoms with Crippen molar-refractivity contribution < 1.29 is 20.1 Å². The number of hydrogen-bond donors (Lipinski definition) is 3. The quantitative estimate of drug-likeness (QED) is 0.337. The van der Waals surface area contributed by atoms with Crippen molar-refractivity contribution in [3.05, 3.63) is 84.2 Å². The topological polar surface area (TPSA) is 82.2 Å². The van der Waals surface area contributed by atoms with Gasteiger partial charge < -0.3 is 19.7 Å². The van der Waals surface area contributed by atoms with Crippen LogP contribution in [0.3, 0.4) is 0 Å². The molecule has 2 atom stereocenters. The zero-order valence-corrected chi connectivity index (χ0v) is 18.8. The smallest absolute Gasteiger partial charge is 0.305 e. The SMILES string of the molecule is CC(C)c1c(C=CC(O)CC(O)CC(=O)O)c(-c2ccccc2)c2c3ccccc3ccn12. The maximum Gasteiger partial charge on any atom is 0.305 e. The second-order valence-electron chi connectivity index (χ2n) is 8.73. The Bertz CT molecular complexity index is 1300. The summed E-state index contributed by atoms with van der Waals surface area (Å²) in [4.78, 5) is 10.8. The number of pyridine rings is 1. The third kappa shape index (κ3) is 4.70. The van der Waals surface area contributed by atoms with E-state index in [2.05, 4.69) is 54.8 Å². The highest BCUT2D eigenvalue weighted by Crippen LogP contribution is 2.40. The predicted octanol–water partition coefficient (Wildman–Crippen LogP) is 5.48. The lowest BCUT2D eigenvalue weighted by Gasteiger charge is -2.12. The van der Waals surface area contributed by atoms with Crippen LogP contribution in [0.25, 0.3) is 33.5 Å². The number of rotatable bonds is 8. The first-order valence-electron chi connectivity index (χ1n) is 11.2. The van der Waals surface area contributed by atoms with Gasteiger partial charge >= 0.3 is 5.97 Å². The molecule has 5 heteroatoms.